The van der Waals surface area contributed by atoms with E-state index >= 15 is 0 Å². The minimum Gasteiger partial charge on any atom is -0.357 e. The van der Waals surface area contributed by atoms with Gasteiger partial charge in [0.2, 0.25) is 17.7 Å². The van der Waals surface area contributed by atoms with Crippen molar-refractivity contribution in [2.75, 3.05) is 7.05 Å². The van der Waals surface area contributed by atoms with Crippen molar-refractivity contribution in [2.45, 2.75) is 70.7 Å². The topological polar surface area (TPSA) is 110 Å². The van der Waals surface area contributed by atoms with Gasteiger partial charge >= 0.3 is 0 Å². The van der Waals surface area contributed by atoms with Crippen LogP contribution in [0, 0.1) is 5.92 Å². The highest BCUT2D eigenvalue weighted by molar-refractivity contribution is 8.14. The van der Waals surface area contributed by atoms with Crippen molar-refractivity contribution in [1.82, 2.24) is 10.2 Å². The zero-order valence-electron chi connectivity index (χ0n) is 19.1. The lowest BCUT2D eigenvalue weighted by atomic mass is 9.99. The molecule has 3 N–H and O–H groups in total. The highest BCUT2D eigenvalue weighted by Crippen LogP contribution is 2.23. The fourth-order valence-corrected chi connectivity index (χ4v) is 4.33. The molecule has 1 unspecified atom stereocenters. The fourth-order valence-electron chi connectivity index (χ4n) is 3.36. The second kappa shape index (κ2) is 13.3. The van der Waals surface area contributed by atoms with Crippen LogP contribution in [-0.4, -0.2) is 52.1 Å². The third kappa shape index (κ3) is 8.45. The molecular formula is C23H35N3O4S. The molecule has 3 atom stereocenters. The van der Waals surface area contributed by atoms with Gasteiger partial charge in [0.25, 0.3) is 0 Å². The second-order valence-corrected chi connectivity index (χ2v) is 9.37. The van der Waals surface area contributed by atoms with E-state index in [2.05, 4.69) is 5.32 Å². The van der Waals surface area contributed by atoms with Crippen LogP contribution in [0.5, 0.6) is 0 Å². The van der Waals surface area contributed by atoms with Gasteiger partial charge in [-0.15, -0.1) is 0 Å². The first-order chi connectivity index (χ1) is 14.6. The quantitative estimate of drug-likeness (QED) is 0.537. The summed E-state index contributed by atoms with van der Waals surface area (Å²) in [7, 11) is 1.47. The zero-order chi connectivity index (χ0) is 23.6. The average Bonchev–Trinajstić information content (AvgIpc) is 2.72. The summed E-state index contributed by atoms with van der Waals surface area (Å²) in [5.41, 5.74) is 6.97. The molecule has 1 aromatic carbocycles. The van der Waals surface area contributed by atoms with E-state index in [9.17, 15) is 19.2 Å². The van der Waals surface area contributed by atoms with Crippen molar-refractivity contribution in [3.63, 3.8) is 0 Å². The lowest BCUT2D eigenvalue weighted by Gasteiger charge is -2.33. The summed E-state index contributed by atoms with van der Waals surface area (Å²) < 4.78 is 0. The Bertz CT molecular complexity index is 754. The summed E-state index contributed by atoms with van der Waals surface area (Å²) in [5, 5.41) is 1.60. The number of nitrogens with two attached hydrogens (primary N) is 1. The molecule has 0 aliphatic rings. The summed E-state index contributed by atoms with van der Waals surface area (Å²) in [6.07, 6.45) is 1.61. The Morgan fingerprint density at radius 1 is 1.10 bits per heavy atom. The average molecular weight is 450 g/mol. The van der Waals surface area contributed by atoms with E-state index in [0.717, 1.165) is 22.2 Å². The highest BCUT2D eigenvalue weighted by atomic mass is 32.2. The number of nitrogens with one attached hydrogen (secondary N) is 1. The molecule has 7 nitrogen and oxygen atoms in total. The lowest BCUT2D eigenvalue weighted by molar-refractivity contribution is -0.152. The number of imide groups is 1. The van der Waals surface area contributed by atoms with Crippen LogP contribution in [0.1, 0.15) is 52.5 Å². The maximum atomic E-state index is 13.5. The largest absolute Gasteiger partial charge is 0.357 e. The monoisotopic (exact) mass is 449 g/mol. The number of hydrogen-bond donors (Lipinski definition) is 2. The summed E-state index contributed by atoms with van der Waals surface area (Å²) in [4.78, 5) is 52.5. The Balaban J connectivity index is 3.43. The standard InChI is InChI=1S/C23H35N3O4S/c1-6-10-20(31-16(4)27)23(30)26(22(29)18(24)13-15(2)3)19(21(28)25-5)14-17-11-8-7-9-12-17/h7-9,11-12,15,18-20H,6,10,13-14,24H2,1-5H3,(H,25,28)/t18-,19-,20?/m0/s1. The maximum absolute atomic E-state index is 13.5. The molecule has 31 heavy (non-hydrogen) atoms. The number of hydrogen-bond acceptors (Lipinski definition) is 6. The third-order valence-corrected chi connectivity index (χ3v) is 5.84. The van der Waals surface area contributed by atoms with Crippen molar-refractivity contribution >= 4 is 34.6 Å². The van der Waals surface area contributed by atoms with E-state index in [-0.39, 0.29) is 17.5 Å². The molecule has 3 amide bonds. The summed E-state index contributed by atoms with van der Waals surface area (Å²) in [5.74, 6) is -1.45. The van der Waals surface area contributed by atoms with E-state index in [1.807, 2.05) is 51.1 Å². The molecule has 0 radical (unpaired) electrons. The van der Waals surface area contributed by atoms with E-state index in [4.69, 9.17) is 5.73 Å². The van der Waals surface area contributed by atoms with Gasteiger partial charge in [0, 0.05) is 20.4 Å². The van der Waals surface area contributed by atoms with Crippen LogP contribution in [0.25, 0.3) is 0 Å². The van der Waals surface area contributed by atoms with Crippen LogP contribution in [0.15, 0.2) is 30.3 Å². The van der Waals surface area contributed by atoms with Crippen molar-refractivity contribution in [3.05, 3.63) is 35.9 Å². The molecule has 0 aromatic heterocycles. The van der Waals surface area contributed by atoms with E-state index in [1.165, 1.54) is 14.0 Å². The van der Waals surface area contributed by atoms with Gasteiger partial charge < -0.3 is 11.1 Å². The van der Waals surface area contributed by atoms with Crippen LogP contribution >= 0.6 is 11.8 Å². The molecule has 0 fully saturated rings. The molecule has 8 heteroatoms. The van der Waals surface area contributed by atoms with Crippen LogP contribution in [0.3, 0.4) is 0 Å². The molecule has 172 valence electrons. The van der Waals surface area contributed by atoms with Gasteiger partial charge in [-0.25, -0.2) is 0 Å². The highest BCUT2D eigenvalue weighted by Gasteiger charge is 2.40. The Kier molecular flexibility index (Phi) is 11.5. The molecule has 0 bridgehead atoms. The van der Waals surface area contributed by atoms with Crippen LogP contribution in [-0.2, 0) is 25.6 Å². The van der Waals surface area contributed by atoms with Gasteiger partial charge in [-0.1, -0.05) is 69.3 Å². The van der Waals surface area contributed by atoms with Crippen LogP contribution in [0.4, 0.5) is 0 Å². The zero-order valence-corrected chi connectivity index (χ0v) is 19.9. The molecule has 1 rings (SSSR count). The predicted octanol–water partition coefficient (Wildman–Crippen LogP) is 2.52. The number of rotatable bonds is 11. The number of amides is 3. The van der Waals surface area contributed by atoms with Gasteiger partial charge in [0.15, 0.2) is 5.12 Å². The summed E-state index contributed by atoms with van der Waals surface area (Å²) in [6, 6.07) is 7.22. The number of thioether (sulfide) groups is 1. The van der Waals surface area contributed by atoms with Gasteiger partial charge in [-0.2, -0.15) is 0 Å². The maximum Gasteiger partial charge on any atom is 0.246 e. The lowest BCUT2D eigenvalue weighted by Crippen LogP contribution is -2.59. The summed E-state index contributed by atoms with van der Waals surface area (Å²) in [6.45, 7) is 7.16. The normalized spacial score (nSPS) is 13.9. The SMILES string of the molecule is CCCC(SC(C)=O)C(=O)N(C(=O)[C@@H](N)CC(C)C)[C@@H](Cc1ccccc1)C(=O)NC. The van der Waals surface area contributed by atoms with Crippen LogP contribution < -0.4 is 11.1 Å². The van der Waals surface area contributed by atoms with Gasteiger partial charge in [0.1, 0.15) is 6.04 Å². The minimum absolute atomic E-state index is 0.140. The molecular weight excluding hydrogens is 414 g/mol. The third-order valence-electron chi connectivity index (χ3n) is 4.78. The van der Waals surface area contributed by atoms with Crippen molar-refractivity contribution < 1.29 is 19.2 Å². The molecule has 0 heterocycles. The predicted molar refractivity (Wildman–Crippen MR) is 124 cm³/mol. The number of carbonyl (C=O) groups is 4. The molecule has 0 spiro atoms. The number of nitrogens with zero attached hydrogens (tertiary/aromatic N) is 1. The number of likely N-dealkylation sites (N-methyl/N-ethyl adjacent to an activating group) is 1. The van der Waals surface area contributed by atoms with E-state index < -0.39 is 35.1 Å². The Labute approximate surface area is 189 Å². The Morgan fingerprint density at radius 3 is 2.19 bits per heavy atom. The van der Waals surface area contributed by atoms with Crippen molar-refractivity contribution in [1.29, 1.82) is 0 Å². The van der Waals surface area contributed by atoms with E-state index in [0.29, 0.717) is 19.3 Å². The van der Waals surface area contributed by atoms with Gasteiger partial charge in [0.05, 0.1) is 11.3 Å². The van der Waals surface area contributed by atoms with Gasteiger partial charge in [-0.05, 0) is 24.3 Å². The Hall–Kier alpha value is -2.19. The van der Waals surface area contributed by atoms with Crippen LogP contribution in [0.2, 0.25) is 0 Å². The molecule has 0 saturated heterocycles. The number of benzene rings is 1. The Morgan fingerprint density at radius 2 is 1.71 bits per heavy atom. The van der Waals surface area contributed by atoms with E-state index in [1.54, 1.807) is 0 Å². The molecule has 0 saturated carbocycles. The summed E-state index contributed by atoms with van der Waals surface area (Å²) >= 11 is 0.892. The number of carbonyl (C=O) groups excluding carboxylic acids is 4. The first-order valence-electron chi connectivity index (χ1n) is 10.7. The smallest absolute Gasteiger partial charge is 0.246 e. The minimum atomic E-state index is -1.06. The molecule has 1 aromatic rings. The fraction of sp³-hybridized carbons (Fsp3) is 0.565. The van der Waals surface area contributed by atoms with Gasteiger partial charge in [-0.3, -0.25) is 24.1 Å². The first kappa shape index (κ1) is 26.8. The van der Waals surface area contributed by atoms with Crippen molar-refractivity contribution in [2.24, 2.45) is 11.7 Å². The molecule has 0 aliphatic heterocycles. The first-order valence-corrected chi connectivity index (χ1v) is 11.5. The second-order valence-electron chi connectivity index (χ2n) is 7.99. The molecule has 0 aliphatic carbocycles. The van der Waals surface area contributed by atoms with Crippen molar-refractivity contribution in [3.8, 4) is 0 Å².